The number of carbonyl (C=O) groups excluding carboxylic acids is 1. The normalized spacial score (nSPS) is 16.9. The van der Waals surface area contributed by atoms with E-state index in [1.54, 1.807) is 14.2 Å². The van der Waals surface area contributed by atoms with Gasteiger partial charge in [0, 0.05) is 52.6 Å². The average molecular weight is 321 g/mol. The molecule has 0 radical (unpaired) electrons. The number of hydrogen-bond acceptors (Lipinski definition) is 5. The van der Waals surface area contributed by atoms with Crippen molar-refractivity contribution in [1.29, 1.82) is 0 Å². The Balaban J connectivity index is 1.85. The molecule has 1 aromatic carbocycles. The number of piperazine rings is 1. The van der Waals surface area contributed by atoms with Gasteiger partial charge in [0.1, 0.15) is 6.10 Å². The molecule has 1 aromatic rings. The number of amides is 1. The van der Waals surface area contributed by atoms with Gasteiger partial charge in [-0.3, -0.25) is 4.90 Å². The van der Waals surface area contributed by atoms with Crippen molar-refractivity contribution in [2.24, 2.45) is 0 Å². The monoisotopic (exact) mass is 321 g/mol. The molecule has 1 aliphatic rings. The van der Waals surface area contributed by atoms with Crippen molar-refractivity contribution >= 4 is 11.8 Å². The minimum Gasteiger partial charge on any atom is -0.442 e. The number of nitrogens with one attached hydrogen (secondary N) is 1. The molecule has 1 atom stereocenters. The molecule has 6 nitrogen and oxygen atoms in total. The van der Waals surface area contributed by atoms with Gasteiger partial charge in [-0.1, -0.05) is 18.2 Å². The fraction of sp³-hybridized carbons (Fsp3) is 0.588. The van der Waals surface area contributed by atoms with E-state index >= 15 is 0 Å². The van der Waals surface area contributed by atoms with E-state index < -0.39 is 6.09 Å². The molecule has 0 saturated carbocycles. The van der Waals surface area contributed by atoms with E-state index in [0.717, 1.165) is 26.2 Å². The summed E-state index contributed by atoms with van der Waals surface area (Å²) in [4.78, 5) is 16.1. The number of carbonyl (C=O) groups is 1. The number of nitrogens with zero attached hydrogens (tertiary/aromatic N) is 2. The molecule has 23 heavy (non-hydrogen) atoms. The zero-order valence-corrected chi connectivity index (χ0v) is 14.2. The molecular formula is C17H27N3O3. The third kappa shape index (κ3) is 5.11. The van der Waals surface area contributed by atoms with Crippen molar-refractivity contribution in [2.45, 2.75) is 13.0 Å². The number of methoxy groups -OCH3 is 1. The van der Waals surface area contributed by atoms with Gasteiger partial charge in [-0.2, -0.15) is 0 Å². The maximum Gasteiger partial charge on any atom is 0.407 e. The van der Waals surface area contributed by atoms with Crippen LogP contribution >= 0.6 is 0 Å². The first-order chi connectivity index (χ1) is 11.1. The summed E-state index contributed by atoms with van der Waals surface area (Å²) < 4.78 is 10.5. The Morgan fingerprint density at radius 1 is 1.26 bits per heavy atom. The van der Waals surface area contributed by atoms with E-state index in [1.165, 1.54) is 11.3 Å². The average Bonchev–Trinajstić information content (AvgIpc) is 2.56. The highest BCUT2D eigenvalue weighted by atomic mass is 16.6. The summed E-state index contributed by atoms with van der Waals surface area (Å²) >= 11 is 0. The number of alkyl carbamates (subject to hydrolysis) is 1. The quantitative estimate of drug-likeness (QED) is 0.860. The zero-order valence-electron chi connectivity index (χ0n) is 14.2. The fourth-order valence-electron chi connectivity index (χ4n) is 2.90. The van der Waals surface area contributed by atoms with Gasteiger partial charge < -0.3 is 19.7 Å². The van der Waals surface area contributed by atoms with E-state index in [1.807, 2.05) is 0 Å². The molecule has 0 unspecified atom stereocenters. The predicted molar refractivity (Wildman–Crippen MR) is 91.0 cm³/mol. The molecule has 0 aromatic heterocycles. The SMILES string of the molecule is CNC(=O)O[C@H](COC)CN1CCN(c2ccccc2C)CC1. The van der Waals surface area contributed by atoms with Crippen LogP contribution in [0.2, 0.25) is 0 Å². The van der Waals surface area contributed by atoms with Gasteiger partial charge in [0.25, 0.3) is 0 Å². The Morgan fingerprint density at radius 2 is 1.96 bits per heavy atom. The van der Waals surface area contributed by atoms with E-state index in [4.69, 9.17) is 9.47 Å². The maximum absolute atomic E-state index is 11.4. The first-order valence-corrected chi connectivity index (χ1v) is 8.04. The molecule has 1 aliphatic heterocycles. The molecule has 0 bridgehead atoms. The van der Waals surface area contributed by atoms with Gasteiger partial charge in [-0.25, -0.2) is 4.79 Å². The highest BCUT2D eigenvalue weighted by Crippen LogP contribution is 2.20. The Bertz CT molecular complexity index is 502. The van der Waals surface area contributed by atoms with E-state index in [-0.39, 0.29) is 6.10 Å². The van der Waals surface area contributed by atoms with Crippen LogP contribution in [0.25, 0.3) is 0 Å². The van der Waals surface area contributed by atoms with Crippen molar-refractivity contribution < 1.29 is 14.3 Å². The third-order valence-corrected chi connectivity index (χ3v) is 4.12. The lowest BCUT2D eigenvalue weighted by Gasteiger charge is -2.37. The van der Waals surface area contributed by atoms with Gasteiger partial charge in [0.15, 0.2) is 0 Å². The fourth-order valence-corrected chi connectivity index (χ4v) is 2.90. The minimum atomic E-state index is -0.411. The lowest BCUT2D eigenvalue weighted by Crippen LogP contribution is -2.50. The lowest BCUT2D eigenvalue weighted by molar-refractivity contribution is 0.0184. The van der Waals surface area contributed by atoms with Crippen molar-refractivity contribution in [3.8, 4) is 0 Å². The molecule has 2 rings (SSSR count). The van der Waals surface area contributed by atoms with Gasteiger partial charge in [0.05, 0.1) is 6.61 Å². The Kier molecular flexibility index (Phi) is 6.67. The summed E-state index contributed by atoms with van der Waals surface area (Å²) in [5.74, 6) is 0. The highest BCUT2D eigenvalue weighted by Gasteiger charge is 2.22. The van der Waals surface area contributed by atoms with E-state index in [9.17, 15) is 4.79 Å². The van der Waals surface area contributed by atoms with Crippen LogP contribution in [0.15, 0.2) is 24.3 Å². The number of hydrogen-bond donors (Lipinski definition) is 1. The standard InChI is InChI=1S/C17H27N3O3/c1-14-6-4-5-7-16(14)20-10-8-19(9-11-20)12-15(13-22-3)23-17(21)18-2/h4-7,15H,8-13H2,1-3H3,(H,18,21)/t15-/m0/s1. The molecule has 1 amide bonds. The van der Waals surface area contributed by atoms with E-state index in [0.29, 0.717) is 13.2 Å². The maximum atomic E-state index is 11.4. The summed E-state index contributed by atoms with van der Waals surface area (Å²) in [6.07, 6.45) is -0.657. The molecule has 0 spiro atoms. The summed E-state index contributed by atoms with van der Waals surface area (Å²) in [5.41, 5.74) is 2.61. The molecule has 0 aliphatic carbocycles. The van der Waals surface area contributed by atoms with Gasteiger partial charge in [0.2, 0.25) is 0 Å². The highest BCUT2D eigenvalue weighted by molar-refractivity contribution is 5.66. The second-order valence-corrected chi connectivity index (χ2v) is 5.81. The van der Waals surface area contributed by atoms with Crippen molar-refractivity contribution in [1.82, 2.24) is 10.2 Å². The zero-order chi connectivity index (χ0) is 16.7. The number of benzene rings is 1. The van der Waals surface area contributed by atoms with Crippen LogP contribution in [0.1, 0.15) is 5.56 Å². The van der Waals surface area contributed by atoms with Crippen LogP contribution in [0.3, 0.4) is 0 Å². The van der Waals surface area contributed by atoms with Crippen molar-refractivity contribution in [3.63, 3.8) is 0 Å². The van der Waals surface area contributed by atoms with E-state index in [2.05, 4.69) is 46.3 Å². The van der Waals surface area contributed by atoms with Crippen LogP contribution in [0.4, 0.5) is 10.5 Å². The van der Waals surface area contributed by atoms with Gasteiger partial charge >= 0.3 is 6.09 Å². The molecule has 6 heteroatoms. The number of ether oxygens (including phenoxy) is 2. The number of aryl methyl sites for hydroxylation is 1. The van der Waals surface area contributed by atoms with Crippen LogP contribution in [-0.4, -0.2) is 70.6 Å². The molecule has 1 N–H and O–H groups in total. The number of para-hydroxylation sites is 1. The largest absolute Gasteiger partial charge is 0.442 e. The van der Waals surface area contributed by atoms with Gasteiger partial charge in [-0.15, -0.1) is 0 Å². The smallest absolute Gasteiger partial charge is 0.407 e. The Morgan fingerprint density at radius 3 is 2.57 bits per heavy atom. The lowest BCUT2D eigenvalue weighted by atomic mass is 10.1. The van der Waals surface area contributed by atoms with Crippen LogP contribution in [-0.2, 0) is 9.47 Å². The molecular weight excluding hydrogens is 294 g/mol. The third-order valence-electron chi connectivity index (χ3n) is 4.12. The molecule has 1 heterocycles. The number of rotatable bonds is 6. The molecule has 128 valence electrons. The first kappa shape index (κ1) is 17.6. The molecule has 1 saturated heterocycles. The van der Waals surface area contributed by atoms with Crippen LogP contribution in [0.5, 0.6) is 0 Å². The second kappa shape index (κ2) is 8.74. The second-order valence-electron chi connectivity index (χ2n) is 5.81. The van der Waals surface area contributed by atoms with Crippen molar-refractivity contribution in [3.05, 3.63) is 29.8 Å². The minimum absolute atomic E-state index is 0.245. The summed E-state index contributed by atoms with van der Waals surface area (Å²) in [6, 6.07) is 8.47. The first-order valence-electron chi connectivity index (χ1n) is 8.04. The van der Waals surface area contributed by atoms with Crippen LogP contribution in [0, 0.1) is 6.92 Å². The Hall–Kier alpha value is -1.79. The summed E-state index contributed by atoms with van der Waals surface area (Å²) in [5, 5.41) is 2.48. The molecule has 1 fully saturated rings. The van der Waals surface area contributed by atoms with Crippen molar-refractivity contribution in [2.75, 3.05) is 58.4 Å². The van der Waals surface area contributed by atoms with Crippen LogP contribution < -0.4 is 10.2 Å². The topological polar surface area (TPSA) is 54.0 Å². The summed E-state index contributed by atoms with van der Waals surface area (Å²) in [6.45, 7) is 7.11. The predicted octanol–water partition coefficient (Wildman–Crippen LogP) is 1.49. The summed E-state index contributed by atoms with van der Waals surface area (Å²) in [7, 11) is 3.18. The van der Waals surface area contributed by atoms with Gasteiger partial charge in [-0.05, 0) is 18.6 Å². The Labute approximate surface area is 138 Å². The number of anilines is 1.